The van der Waals surface area contributed by atoms with Crippen LogP contribution in [0.5, 0.6) is 0 Å². The molecule has 2 rings (SSSR count). The molecule has 0 radical (unpaired) electrons. The van der Waals surface area contributed by atoms with Crippen molar-refractivity contribution >= 4 is 11.2 Å². The van der Waals surface area contributed by atoms with E-state index < -0.39 is 11.2 Å². The molecule has 0 amide bonds. The zero-order chi connectivity index (χ0) is 12.6. The van der Waals surface area contributed by atoms with Crippen LogP contribution in [0.15, 0.2) is 9.59 Å². The lowest BCUT2D eigenvalue weighted by atomic mass is 10.0. The number of nitrogens with one attached hydrogen (secondary N) is 3. The van der Waals surface area contributed by atoms with Crippen LogP contribution in [0, 0.1) is 0 Å². The molecule has 2 aromatic heterocycles. The quantitative estimate of drug-likeness (QED) is 0.589. The normalized spacial score (nSPS) is 15.0. The van der Waals surface area contributed by atoms with Gasteiger partial charge in [0.2, 0.25) is 0 Å². The molecule has 92 valence electrons. The Kier molecular flexibility index (Phi) is 2.84. The first-order valence-corrected chi connectivity index (χ1v) is 5.45. The SMILES string of the molecule is CC(N)CC(C)c1nc2[nH]c(=O)[nH]c(=O)c2[nH]1. The third kappa shape index (κ3) is 2.28. The van der Waals surface area contributed by atoms with Gasteiger partial charge in [0.15, 0.2) is 5.65 Å². The Bertz CT molecular complexity index is 636. The Morgan fingerprint density at radius 1 is 1.24 bits per heavy atom. The molecule has 0 fully saturated rings. The first-order chi connectivity index (χ1) is 7.97. The van der Waals surface area contributed by atoms with Crippen molar-refractivity contribution in [2.75, 3.05) is 0 Å². The van der Waals surface area contributed by atoms with Crippen molar-refractivity contribution in [1.29, 1.82) is 0 Å². The Balaban J connectivity index is 2.48. The highest BCUT2D eigenvalue weighted by atomic mass is 16.2. The maximum absolute atomic E-state index is 11.5. The summed E-state index contributed by atoms with van der Waals surface area (Å²) in [5.74, 6) is 0.759. The zero-order valence-electron chi connectivity index (χ0n) is 9.70. The van der Waals surface area contributed by atoms with Crippen molar-refractivity contribution in [3.8, 4) is 0 Å². The molecule has 7 nitrogen and oxygen atoms in total. The number of aromatic amines is 3. The van der Waals surface area contributed by atoms with Crippen LogP contribution in [-0.4, -0.2) is 26.0 Å². The van der Waals surface area contributed by atoms with Crippen LogP contribution >= 0.6 is 0 Å². The number of aromatic nitrogens is 4. The van der Waals surface area contributed by atoms with Crippen molar-refractivity contribution in [2.45, 2.75) is 32.2 Å². The fourth-order valence-corrected chi connectivity index (χ4v) is 1.85. The maximum Gasteiger partial charge on any atom is 0.327 e. The minimum absolute atomic E-state index is 0.0514. The second-order valence-electron chi connectivity index (χ2n) is 4.37. The molecule has 7 heteroatoms. The first-order valence-electron chi connectivity index (χ1n) is 5.45. The molecule has 0 aromatic carbocycles. The van der Waals surface area contributed by atoms with E-state index in [0.717, 1.165) is 6.42 Å². The lowest BCUT2D eigenvalue weighted by molar-refractivity contribution is 0.568. The second-order valence-corrected chi connectivity index (χ2v) is 4.37. The predicted octanol–water partition coefficient (Wildman–Crippen LogP) is -0.220. The van der Waals surface area contributed by atoms with E-state index in [1.54, 1.807) is 0 Å². The van der Waals surface area contributed by atoms with Gasteiger partial charge in [-0.15, -0.1) is 0 Å². The molecule has 0 aliphatic rings. The number of hydrogen-bond donors (Lipinski definition) is 4. The van der Waals surface area contributed by atoms with Gasteiger partial charge in [0.05, 0.1) is 0 Å². The van der Waals surface area contributed by atoms with Crippen molar-refractivity contribution < 1.29 is 0 Å². The van der Waals surface area contributed by atoms with Gasteiger partial charge in [-0.05, 0) is 13.3 Å². The highest BCUT2D eigenvalue weighted by Gasteiger charge is 2.14. The Morgan fingerprint density at radius 3 is 2.59 bits per heavy atom. The molecule has 0 saturated carbocycles. The highest BCUT2D eigenvalue weighted by Crippen LogP contribution is 2.17. The number of nitrogens with two attached hydrogens (primary N) is 1. The van der Waals surface area contributed by atoms with Crippen molar-refractivity contribution in [3.63, 3.8) is 0 Å². The van der Waals surface area contributed by atoms with Gasteiger partial charge in [-0.2, -0.15) is 0 Å². The van der Waals surface area contributed by atoms with Gasteiger partial charge in [-0.25, -0.2) is 9.78 Å². The highest BCUT2D eigenvalue weighted by molar-refractivity contribution is 5.68. The third-order valence-corrected chi connectivity index (χ3v) is 2.60. The summed E-state index contributed by atoms with van der Waals surface area (Å²) in [7, 11) is 0. The van der Waals surface area contributed by atoms with Crippen molar-refractivity contribution in [3.05, 3.63) is 26.7 Å². The van der Waals surface area contributed by atoms with Crippen LogP contribution in [0.3, 0.4) is 0 Å². The number of fused-ring (bicyclic) bond motifs is 1. The molecule has 5 N–H and O–H groups in total. The topological polar surface area (TPSA) is 120 Å². The van der Waals surface area contributed by atoms with E-state index in [1.165, 1.54) is 0 Å². The summed E-state index contributed by atoms with van der Waals surface area (Å²) < 4.78 is 0. The van der Waals surface area contributed by atoms with Crippen LogP contribution in [0.2, 0.25) is 0 Å². The van der Waals surface area contributed by atoms with Crippen molar-refractivity contribution in [1.82, 2.24) is 19.9 Å². The lowest BCUT2D eigenvalue weighted by Crippen LogP contribution is -2.21. The van der Waals surface area contributed by atoms with Gasteiger partial charge in [0.1, 0.15) is 11.3 Å². The minimum Gasteiger partial charge on any atom is -0.336 e. The average Bonchev–Trinajstić information content (AvgIpc) is 2.60. The van der Waals surface area contributed by atoms with Crippen LogP contribution < -0.4 is 17.0 Å². The number of imidazole rings is 1. The summed E-state index contributed by atoms with van der Waals surface area (Å²) >= 11 is 0. The third-order valence-electron chi connectivity index (χ3n) is 2.60. The van der Waals surface area contributed by atoms with Crippen LogP contribution in [0.25, 0.3) is 11.2 Å². The molecular formula is C10H15N5O2. The van der Waals surface area contributed by atoms with E-state index in [1.807, 2.05) is 13.8 Å². The van der Waals surface area contributed by atoms with Crippen molar-refractivity contribution in [2.24, 2.45) is 5.73 Å². The number of rotatable bonds is 3. The van der Waals surface area contributed by atoms with Crippen LogP contribution in [0.4, 0.5) is 0 Å². The molecule has 2 atom stereocenters. The molecule has 2 unspecified atom stereocenters. The zero-order valence-corrected chi connectivity index (χ0v) is 9.70. The summed E-state index contributed by atoms with van der Waals surface area (Å²) in [4.78, 5) is 34.3. The summed E-state index contributed by atoms with van der Waals surface area (Å²) in [6, 6.07) is 0.0514. The summed E-state index contributed by atoms with van der Waals surface area (Å²) in [6.45, 7) is 3.88. The van der Waals surface area contributed by atoms with Gasteiger partial charge in [0.25, 0.3) is 5.56 Å². The maximum atomic E-state index is 11.5. The number of H-pyrrole nitrogens is 3. The summed E-state index contributed by atoms with van der Waals surface area (Å²) in [5.41, 5.74) is 5.26. The Labute approximate surface area is 96.5 Å². The summed E-state index contributed by atoms with van der Waals surface area (Å²) in [5, 5.41) is 0. The van der Waals surface area contributed by atoms with E-state index in [2.05, 4.69) is 19.9 Å². The van der Waals surface area contributed by atoms with Gasteiger partial charge in [-0.3, -0.25) is 14.8 Å². The van der Waals surface area contributed by atoms with Gasteiger partial charge >= 0.3 is 5.69 Å². The van der Waals surface area contributed by atoms with E-state index in [0.29, 0.717) is 5.82 Å². The molecule has 2 aromatic rings. The second kappa shape index (κ2) is 4.17. The molecule has 0 aliphatic heterocycles. The fourth-order valence-electron chi connectivity index (χ4n) is 1.85. The Hall–Kier alpha value is -1.89. The average molecular weight is 237 g/mol. The van der Waals surface area contributed by atoms with E-state index in [-0.39, 0.29) is 23.1 Å². The standard InChI is InChI=1S/C10H15N5O2/c1-4(3-5(2)11)7-12-6-8(13-7)14-10(17)15-9(6)16/h4-5H,3,11H2,1-2H3,(H3,12,13,14,15,16,17). The molecular weight excluding hydrogens is 222 g/mol. The van der Waals surface area contributed by atoms with Crippen LogP contribution in [0.1, 0.15) is 32.0 Å². The molecule has 2 heterocycles. The molecule has 0 saturated heterocycles. The smallest absolute Gasteiger partial charge is 0.327 e. The number of nitrogens with zero attached hydrogens (tertiary/aromatic N) is 1. The van der Waals surface area contributed by atoms with E-state index >= 15 is 0 Å². The molecule has 0 bridgehead atoms. The van der Waals surface area contributed by atoms with Gasteiger partial charge < -0.3 is 10.7 Å². The monoisotopic (exact) mass is 237 g/mol. The van der Waals surface area contributed by atoms with Crippen LogP contribution in [-0.2, 0) is 0 Å². The molecule has 0 spiro atoms. The molecule has 17 heavy (non-hydrogen) atoms. The fraction of sp³-hybridized carbons (Fsp3) is 0.500. The van der Waals surface area contributed by atoms with E-state index in [4.69, 9.17) is 5.73 Å². The number of hydrogen-bond acceptors (Lipinski definition) is 4. The lowest BCUT2D eigenvalue weighted by Gasteiger charge is -2.10. The summed E-state index contributed by atoms with van der Waals surface area (Å²) in [6.07, 6.45) is 0.752. The van der Waals surface area contributed by atoms with E-state index in [9.17, 15) is 9.59 Å². The first kappa shape index (κ1) is 11.6. The largest absolute Gasteiger partial charge is 0.336 e. The minimum atomic E-state index is -0.555. The Morgan fingerprint density at radius 2 is 1.94 bits per heavy atom. The predicted molar refractivity (Wildman–Crippen MR) is 64.0 cm³/mol. The molecule has 0 aliphatic carbocycles. The van der Waals surface area contributed by atoms with Gasteiger partial charge in [0, 0.05) is 12.0 Å². The van der Waals surface area contributed by atoms with Gasteiger partial charge in [-0.1, -0.05) is 6.92 Å².